The Labute approximate surface area is 84.0 Å². The zero-order valence-electron chi connectivity index (χ0n) is 7.55. The third-order valence-corrected chi connectivity index (χ3v) is 3.32. The molecule has 0 aromatic rings. The van der Waals surface area contributed by atoms with E-state index in [2.05, 4.69) is 20.2 Å². The molecule has 3 nitrogen and oxygen atoms in total. The first kappa shape index (κ1) is 10.1. The van der Waals surface area contributed by atoms with Crippen LogP contribution in [0.2, 0.25) is 0 Å². The Morgan fingerprint density at radius 3 is 3.25 bits per heavy atom. The minimum absolute atomic E-state index is 0.123. The fourth-order valence-electron chi connectivity index (χ4n) is 1.06. The third-order valence-electron chi connectivity index (χ3n) is 1.68. The molecule has 0 aliphatic carbocycles. The number of nitrogens with one attached hydrogen (secondary N) is 1. The van der Waals surface area contributed by atoms with Gasteiger partial charge in [-0.3, -0.25) is 0 Å². The number of aliphatic imine (C=N–C) groups is 2. The van der Waals surface area contributed by atoms with E-state index in [4.69, 9.17) is 0 Å². The van der Waals surface area contributed by atoms with E-state index in [-0.39, 0.29) is 6.17 Å². The van der Waals surface area contributed by atoms with E-state index in [9.17, 15) is 0 Å². The molecule has 0 aromatic carbocycles. The summed E-state index contributed by atoms with van der Waals surface area (Å²) in [7, 11) is 1.92. The predicted octanol–water partition coefficient (Wildman–Crippen LogP) is -2.83. The van der Waals surface area contributed by atoms with Crippen LogP contribution in [0.15, 0.2) is 9.98 Å². The molecule has 1 N–H and O–H groups in total. The second kappa shape index (κ2) is 5.64. The van der Waals surface area contributed by atoms with Crippen LogP contribution in [0.3, 0.4) is 0 Å². The van der Waals surface area contributed by atoms with Crippen molar-refractivity contribution in [3.05, 3.63) is 0 Å². The molecule has 0 saturated heterocycles. The van der Waals surface area contributed by atoms with E-state index in [1.165, 1.54) is 10.1 Å². The van der Waals surface area contributed by atoms with E-state index >= 15 is 0 Å². The summed E-state index contributed by atoms with van der Waals surface area (Å²) in [5.41, 5.74) is 1.35. The Morgan fingerprint density at radius 2 is 2.58 bits per heavy atom. The van der Waals surface area contributed by atoms with E-state index in [0.29, 0.717) is 21.2 Å². The van der Waals surface area contributed by atoms with Crippen LogP contribution in [0.5, 0.6) is 0 Å². The first-order valence-electron chi connectivity index (χ1n) is 4.03. The van der Waals surface area contributed by atoms with Crippen LogP contribution in [0.25, 0.3) is 0 Å². The Morgan fingerprint density at radius 1 is 1.75 bits per heavy atom. The van der Waals surface area contributed by atoms with Gasteiger partial charge in [-0.15, -0.1) is 0 Å². The monoisotopic (exact) mass is 280 g/mol. The van der Waals surface area contributed by atoms with Crippen molar-refractivity contribution in [2.75, 3.05) is 23.0 Å². The number of hydrogen-bond donors (Lipinski definition) is 1. The normalized spacial score (nSPS) is 23.8. The second-order valence-corrected chi connectivity index (χ2v) is 4.92. The quantitative estimate of drug-likeness (QED) is 0.439. The summed E-state index contributed by atoms with van der Waals surface area (Å²) in [5, 5.41) is 3.11. The molecule has 1 atom stereocenters. The zero-order valence-corrected chi connectivity index (χ0v) is 9.71. The van der Waals surface area contributed by atoms with Crippen molar-refractivity contribution in [1.29, 1.82) is 0 Å². The van der Waals surface area contributed by atoms with Gasteiger partial charge in [-0.25, -0.2) is 0 Å². The van der Waals surface area contributed by atoms with Gasteiger partial charge in [-0.1, -0.05) is 0 Å². The Balaban J connectivity index is 2.56. The van der Waals surface area contributed by atoms with Crippen molar-refractivity contribution >= 4 is 11.9 Å². The molecular formula is C8H15IN3-. The molecule has 0 spiro atoms. The summed E-state index contributed by atoms with van der Waals surface area (Å²) in [5.74, 6) is 0. The molecule has 12 heavy (non-hydrogen) atoms. The molecule has 1 rings (SSSR count). The molecule has 0 aromatic heterocycles. The predicted molar refractivity (Wildman–Crippen MR) is 49.0 cm³/mol. The zero-order chi connectivity index (χ0) is 8.81. The second-order valence-electron chi connectivity index (χ2n) is 2.63. The van der Waals surface area contributed by atoms with Gasteiger partial charge < -0.3 is 0 Å². The summed E-state index contributed by atoms with van der Waals surface area (Å²) in [6.45, 7) is 0.917. The van der Waals surface area contributed by atoms with Gasteiger partial charge >= 0.3 is 84.0 Å². The topological polar surface area (TPSA) is 36.8 Å². The molecule has 4 heteroatoms. The molecule has 1 heterocycles. The van der Waals surface area contributed by atoms with Gasteiger partial charge in [-0.05, 0) is 0 Å². The van der Waals surface area contributed by atoms with Crippen LogP contribution in [-0.4, -0.2) is 41.0 Å². The Kier molecular flexibility index (Phi) is 4.75. The van der Waals surface area contributed by atoms with Crippen molar-refractivity contribution in [2.45, 2.75) is 12.6 Å². The number of nitrogens with zero attached hydrogens (tertiary/aromatic N) is 2. The standard InChI is InChI=1S/C8H15IN3/c1-9-5-7-3-4-11-6-8(10-2)12-7/h6,8,10H,3-5H2,1-2H3/q-1. The van der Waals surface area contributed by atoms with Crippen molar-refractivity contribution in [1.82, 2.24) is 5.32 Å². The molecule has 1 aliphatic heterocycles. The molecule has 70 valence electrons. The molecular weight excluding hydrogens is 265 g/mol. The van der Waals surface area contributed by atoms with E-state index in [0.717, 1.165) is 13.0 Å². The molecule has 0 radical (unpaired) electrons. The Bertz CT molecular complexity index is 189. The van der Waals surface area contributed by atoms with Crippen molar-refractivity contribution in [3.63, 3.8) is 0 Å². The maximum absolute atomic E-state index is 4.57. The van der Waals surface area contributed by atoms with Crippen LogP contribution < -0.4 is 26.5 Å². The maximum atomic E-state index is 4.57. The Hall–Kier alpha value is 0.0300. The fourth-order valence-corrected chi connectivity index (χ4v) is 2.52. The molecule has 1 aliphatic rings. The molecule has 0 amide bonds. The SMILES string of the molecule is CNC1C=NCCC(C[I-]C)=N1. The number of alkyl halides is 2. The van der Waals surface area contributed by atoms with E-state index in [1.54, 1.807) is 0 Å². The van der Waals surface area contributed by atoms with Gasteiger partial charge in [0.2, 0.25) is 0 Å². The van der Waals surface area contributed by atoms with Crippen molar-refractivity contribution in [3.8, 4) is 0 Å². The number of hydrogen-bond acceptors (Lipinski definition) is 3. The first-order chi connectivity index (χ1) is 5.86. The minimum atomic E-state index is 0.123. The molecule has 0 fully saturated rings. The summed E-state index contributed by atoms with van der Waals surface area (Å²) in [6.07, 6.45) is 3.08. The fraction of sp³-hybridized carbons (Fsp3) is 0.750. The summed E-state index contributed by atoms with van der Waals surface area (Å²) < 4.78 is 1.22. The van der Waals surface area contributed by atoms with Crippen LogP contribution in [0.4, 0.5) is 0 Å². The first-order valence-corrected chi connectivity index (χ1v) is 7.71. The van der Waals surface area contributed by atoms with Gasteiger partial charge in [-0.2, -0.15) is 0 Å². The van der Waals surface area contributed by atoms with Gasteiger partial charge in [0.15, 0.2) is 0 Å². The van der Waals surface area contributed by atoms with Crippen LogP contribution in [0.1, 0.15) is 6.42 Å². The van der Waals surface area contributed by atoms with Gasteiger partial charge in [0.1, 0.15) is 0 Å². The number of halogens is 1. The van der Waals surface area contributed by atoms with Gasteiger partial charge in [0.25, 0.3) is 0 Å². The van der Waals surface area contributed by atoms with E-state index < -0.39 is 0 Å². The van der Waals surface area contributed by atoms with Crippen molar-refractivity contribution < 1.29 is 21.2 Å². The molecule has 0 bridgehead atoms. The third kappa shape index (κ3) is 3.18. The summed E-state index contributed by atoms with van der Waals surface area (Å²) in [6, 6.07) is 0. The number of rotatable bonds is 3. The molecule has 0 saturated carbocycles. The van der Waals surface area contributed by atoms with Crippen LogP contribution >= 0.6 is 0 Å². The van der Waals surface area contributed by atoms with Crippen LogP contribution in [-0.2, 0) is 0 Å². The average molecular weight is 280 g/mol. The van der Waals surface area contributed by atoms with Gasteiger partial charge in [0, 0.05) is 0 Å². The van der Waals surface area contributed by atoms with Gasteiger partial charge in [0.05, 0.1) is 0 Å². The van der Waals surface area contributed by atoms with E-state index in [1.807, 2.05) is 13.3 Å². The van der Waals surface area contributed by atoms with Crippen molar-refractivity contribution in [2.24, 2.45) is 9.98 Å². The molecule has 1 unspecified atom stereocenters. The average Bonchev–Trinajstić information content (AvgIpc) is 2.30. The summed E-state index contributed by atoms with van der Waals surface area (Å²) in [4.78, 5) is 11.1. The van der Waals surface area contributed by atoms with Crippen LogP contribution in [0, 0.1) is 0 Å². The summed E-state index contributed by atoms with van der Waals surface area (Å²) >= 11 is 0.331.